The van der Waals surface area contributed by atoms with Crippen LogP contribution in [-0.4, -0.2) is 57.7 Å². The Kier molecular flexibility index (Phi) is 10.5. The van der Waals surface area contributed by atoms with E-state index in [4.69, 9.17) is 17.3 Å². The molecule has 2 aliphatic rings. The first-order valence-electron chi connectivity index (χ1n) is 13.0. The average molecular weight is 569 g/mol. The minimum atomic E-state index is -3.27. The van der Waals surface area contributed by atoms with Gasteiger partial charge in [-0.3, -0.25) is 4.79 Å². The number of rotatable bonds is 8. The summed E-state index contributed by atoms with van der Waals surface area (Å²) in [6.45, 7) is 2.89. The highest BCUT2D eigenvalue weighted by Gasteiger charge is 2.39. The topological polar surface area (TPSA) is 92.5 Å². The van der Waals surface area contributed by atoms with Crippen molar-refractivity contribution in [1.29, 1.82) is 0 Å². The minimum absolute atomic E-state index is 0. The normalized spacial score (nSPS) is 22.7. The van der Waals surface area contributed by atoms with Crippen molar-refractivity contribution in [1.82, 2.24) is 10.2 Å². The van der Waals surface area contributed by atoms with Gasteiger partial charge in [0, 0.05) is 41.7 Å². The number of benzene rings is 2. The van der Waals surface area contributed by atoms with Gasteiger partial charge in [0.15, 0.2) is 9.84 Å². The molecule has 1 aliphatic heterocycles. The monoisotopic (exact) mass is 567 g/mol. The fourth-order valence-corrected chi connectivity index (χ4v) is 6.73. The Balaban J connectivity index is 0.00000380. The molecule has 3 N–H and O–H groups in total. The lowest BCUT2D eigenvalue weighted by Gasteiger charge is -2.44. The fourth-order valence-electron chi connectivity index (χ4n) is 5.85. The molecule has 1 saturated heterocycles. The largest absolute Gasteiger partial charge is 0.339 e. The molecule has 9 heteroatoms. The molecule has 6 nitrogen and oxygen atoms in total. The highest BCUT2D eigenvalue weighted by atomic mass is 35.5. The number of piperidine rings is 1. The molecular weight excluding hydrogens is 529 g/mol. The zero-order valence-electron chi connectivity index (χ0n) is 21.5. The van der Waals surface area contributed by atoms with Gasteiger partial charge in [0.05, 0.1) is 4.90 Å². The zero-order valence-corrected chi connectivity index (χ0v) is 23.9. The van der Waals surface area contributed by atoms with Gasteiger partial charge in [-0.1, -0.05) is 35.9 Å². The van der Waals surface area contributed by atoms with Crippen LogP contribution in [0.2, 0.25) is 5.02 Å². The molecule has 0 aromatic heterocycles. The highest BCUT2D eigenvalue weighted by molar-refractivity contribution is 7.90. The van der Waals surface area contributed by atoms with E-state index in [0.717, 1.165) is 62.2 Å². The van der Waals surface area contributed by atoms with Crippen LogP contribution in [0.5, 0.6) is 0 Å². The van der Waals surface area contributed by atoms with E-state index in [9.17, 15) is 13.2 Å². The molecule has 0 unspecified atom stereocenters. The number of carbonyl (C=O) groups is 1. The summed E-state index contributed by atoms with van der Waals surface area (Å²) in [7, 11) is -3.27. The Morgan fingerprint density at radius 2 is 1.76 bits per heavy atom. The Labute approximate surface area is 232 Å². The SMILES string of the molecule is CS(=O)(=O)c1cccc(CCN(C(=O)C2CCNCC2)C2CCC(CN)(c3cccc(Cl)c3)CC2)c1.Cl. The molecule has 1 amide bonds. The molecule has 0 atom stereocenters. The number of hydrogen-bond donors (Lipinski definition) is 2. The van der Waals surface area contributed by atoms with Crippen LogP contribution >= 0.6 is 24.0 Å². The number of halogens is 2. The van der Waals surface area contributed by atoms with Crippen molar-refractivity contribution in [3.63, 3.8) is 0 Å². The van der Waals surface area contributed by atoms with Crippen LogP contribution in [0.1, 0.15) is 49.7 Å². The standard InChI is InChI=1S/C28H38ClN3O3S.ClH/c1-36(34,35)26-7-2-4-21(18-26)12-17-32(27(33)22-10-15-31-16-11-22)25-8-13-28(20-30,14-9-25)23-5-3-6-24(29)19-23;/h2-7,18-19,22,25,31H,8-17,20,30H2,1H3;1H. The molecule has 2 fully saturated rings. The van der Waals surface area contributed by atoms with Crippen LogP contribution in [0, 0.1) is 5.92 Å². The van der Waals surface area contributed by atoms with E-state index in [-0.39, 0.29) is 35.7 Å². The molecule has 204 valence electrons. The van der Waals surface area contributed by atoms with Crippen molar-refractivity contribution in [3.05, 3.63) is 64.7 Å². The summed E-state index contributed by atoms with van der Waals surface area (Å²) in [6, 6.07) is 15.3. The molecule has 1 aliphatic carbocycles. The summed E-state index contributed by atoms with van der Waals surface area (Å²) in [5.41, 5.74) is 8.33. The van der Waals surface area contributed by atoms with Crippen molar-refractivity contribution in [2.45, 2.75) is 61.3 Å². The summed E-state index contributed by atoms with van der Waals surface area (Å²) in [4.78, 5) is 16.2. The third-order valence-electron chi connectivity index (χ3n) is 8.12. The second-order valence-corrected chi connectivity index (χ2v) is 12.9. The molecule has 0 spiro atoms. The Morgan fingerprint density at radius 3 is 2.38 bits per heavy atom. The lowest BCUT2D eigenvalue weighted by molar-refractivity contribution is -0.139. The highest BCUT2D eigenvalue weighted by Crippen LogP contribution is 2.41. The fraction of sp³-hybridized carbons (Fsp3) is 0.536. The second kappa shape index (κ2) is 12.9. The molecule has 2 aromatic carbocycles. The molecule has 0 radical (unpaired) electrons. The van der Waals surface area contributed by atoms with Gasteiger partial charge in [0.1, 0.15) is 0 Å². The van der Waals surface area contributed by atoms with Gasteiger partial charge in [-0.15, -0.1) is 12.4 Å². The van der Waals surface area contributed by atoms with Crippen LogP contribution in [0.25, 0.3) is 0 Å². The predicted molar refractivity (Wildman–Crippen MR) is 152 cm³/mol. The number of hydrogen-bond acceptors (Lipinski definition) is 5. The Hall–Kier alpha value is -1.64. The van der Waals surface area contributed by atoms with Crippen LogP contribution in [-0.2, 0) is 26.5 Å². The molecular formula is C28H39Cl2N3O3S. The lowest BCUT2D eigenvalue weighted by atomic mass is 9.68. The molecule has 4 rings (SSSR count). The number of nitrogens with one attached hydrogen (secondary N) is 1. The lowest BCUT2D eigenvalue weighted by Crippen LogP contribution is -2.50. The molecule has 0 bridgehead atoms. The molecule has 2 aromatic rings. The maximum absolute atomic E-state index is 13.8. The first-order valence-corrected chi connectivity index (χ1v) is 15.3. The van der Waals surface area contributed by atoms with Crippen LogP contribution in [0.15, 0.2) is 53.4 Å². The van der Waals surface area contributed by atoms with Gasteiger partial charge in [-0.25, -0.2) is 8.42 Å². The maximum atomic E-state index is 13.8. The van der Waals surface area contributed by atoms with E-state index in [1.807, 2.05) is 24.3 Å². The summed E-state index contributed by atoms with van der Waals surface area (Å²) in [6.07, 6.45) is 7.19. The van der Waals surface area contributed by atoms with Crippen molar-refractivity contribution in [3.8, 4) is 0 Å². The minimum Gasteiger partial charge on any atom is -0.339 e. The van der Waals surface area contributed by atoms with Crippen LogP contribution < -0.4 is 11.1 Å². The van der Waals surface area contributed by atoms with Gasteiger partial charge < -0.3 is 16.0 Å². The summed E-state index contributed by atoms with van der Waals surface area (Å²) in [5, 5.41) is 4.08. The first kappa shape index (κ1) is 29.9. The average Bonchev–Trinajstić information content (AvgIpc) is 2.89. The van der Waals surface area contributed by atoms with Gasteiger partial charge in [-0.2, -0.15) is 0 Å². The van der Waals surface area contributed by atoms with Crippen LogP contribution in [0.4, 0.5) is 0 Å². The van der Waals surface area contributed by atoms with Gasteiger partial charge in [-0.05, 0) is 93.4 Å². The van der Waals surface area contributed by atoms with E-state index in [2.05, 4.69) is 16.3 Å². The van der Waals surface area contributed by atoms with E-state index in [0.29, 0.717) is 24.4 Å². The predicted octanol–water partition coefficient (Wildman–Crippen LogP) is 4.38. The molecule has 37 heavy (non-hydrogen) atoms. The Morgan fingerprint density at radius 1 is 1.08 bits per heavy atom. The van der Waals surface area contributed by atoms with E-state index in [1.165, 1.54) is 11.8 Å². The van der Waals surface area contributed by atoms with Gasteiger partial charge in [0.2, 0.25) is 5.91 Å². The van der Waals surface area contributed by atoms with Crippen LogP contribution in [0.3, 0.4) is 0 Å². The van der Waals surface area contributed by atoms with Gasteiger partial charge >= 0.3 is 0 Å². The maximum Gasteiger partial charge on any atom is 0.226 e. The smallest absolute Gasteiger partial charge is 0.226 e. The number of nitrogens with zero attached hydrogens (tertiary/aromatic N) is 1. The van der Waals surface area contributed by atoms with E-state index < -0.39 is 9.84 Å². The Bertz CT molecular complexity index is 1160. The number of carbonyl (C=O) groups excluding carboxylic acids is 1. The van der Waals surface area contributed by atoms with Crippen molar-refractivity contribution < 1.29 is 13.2 Å². The molecule has 1 saturated carbocycles. The van der Waals surface area contributed by atoms with E-state index >= 15 is 0 Å². The first-order chi connectivity index (χ1) is 17.2. The summed E-state index contributed by atoms with van der Waals surface area (Å²) < 4.78 is 24.0. The van der Waals surface area contributed by atoms with Crippen molar-refractivity contribution in [2.24, 2.45) is 11.7 Å². The number of nitrogens with two attached hydrogens (primary N) is 1. The number of amides is 1. The number of sulfone groups is 1. The molecule has 1 heterocycles. The van der Waals surface area contributed by atoms with Crippen molar-refractivity contribution in [2.75, 3.05) is 32.4 Å². The quantitative estimate of drug-likeness (QED) is 0.494. The summed E-state index contributed by atoms with van der Waals surface area (Å²) in [5.74, 6) is 0.284. The third kappa shape index (κ3) is 7.27. The second-order valence-electron chi connectivity index (χ2n) is 10.5. The zero-order chi connectivity index (χ0) is 25.8. The van der Waals surface area contributed by atoms with Gasteiger partial charge in [0.25, 0.3) is 0 Å². The van der Waals surface area contributed by atoms with E-state index in [1.54, 1.807) is 18.2 Å². The third-order valence-corrected chi connectivity index (χ3v) is 9.47. The van der Waals surface area contributed by atoms with Crippen molar-refractivity contribution >= 4 is 39.8 Å². The summed E-state index contributed by atoms with van der Waals surface area (Å²) >= 11 is 6.29.